The molecular formula is C21H21ClFNO5. The smallest absolute Gasteiger partial charge is 0.330 e. The fraction of sp³-hybridized carbons (Fsp3) is 0.381. The van der Waals surface area contributed by atoms with E-state index in [2.05, 4.69) is 4.74 Å². The zero-order valence-corrected chi connectivity index (χ0v) is 16.7. The van der Waals surface area contributed by atoms with Crippen LogP contribution in [0.15, 0.2) is 36.4 Å². The van der Waals surface area contributed by atoms with Crippen molar-refractivity contribution in [1.82, 2.24) is 0 Å². The van der Waals surface area contributed by atoms with E-state index in [1.54, 1.807) is 12.2 Å². The van der Waals surface area contributed by atoms with E-state index in [-0.39, 0.29) is 46.7 Å². The van der Waals surface area contributed by atoms with Crippen LogP contribution in [0.25, 0.3) is 0 Å². The molecule has 0 N–H and O–H groups in total. The summed E-state index contributed by atoms with van der Waals surface area (Å²) in [6, 6.07) is 2.32. The number of esters is 1. The van der Waals surface area contributed by atoms with Gasteiger partial charge in [0.1, 0.15) is 18.2 Å². The van der Waals surface area contributed by atoms with Gasteiger partial charge in [-0.1, -0.05) is 36.6 Å². The number of ether oxygens (including phenoxy) is 2. The Bertz CT molecular complexity index is 858. The molecule has 1 saturated heterocycles. The van der Waals surface area contributed by atoms with Crippen LogP contribution in [0.3, 0.4) is 0 Å². The minimum atomic E-state index is -0.751. The van der Waals surface area contributed by atoms with Gasteiger partial charge in [-0.2, -0.15) is 0 Å². The number of carbonyl (C=O) groups excluding carboxylic acids is 3. The van der Waals surface area contributed by atoms with Gasteiger partial charge in [0.25, 0.3) is 0 Å². The lowest BCUT2D eigenvalue weighted by Crippen LogP contribution is -2.31. The molecule has 6 nitrogen and oxygen atoms in total. The highest BCUT2D eigenvalue weighted by molar-refractivity contribution is 6.32. The van der Waals surface area contributed by atoms with Crippen LogP contribution in [0.5, 0.6) is 5.75 Å². The lowest BCUT2D eigenvalue weighted by atomic mass is 9.81. The molecule has 0 radical (unpaired) electrons. The van der Waals surface area contributed by atoms with Gasteiger partial charge < -0.3 is 9.47 Å². The average Bonchev–Trinajstić information content (AvgIpc) is 2.96. The molecule has 2 atom stereocenters. The molecule has 154 valence electrons. The van der Waals surface area contributed by atoms with Crippen LogP contribution < -0.4 is 9.64 Å². The molecule has 1 saturated carbocycles. The maximum absolute atomic E-state index is 14.6. The lowest BCUT2D eigenvalue weighted by Gasteiger charge is -2.19. The first-order chi connectivity index (χ1) is 13.9. The number of benzene rings is 1. The standard InChI is InChI=1S/C21H21ClFNO5/c1-28-19(25)9-3-2-6-10-29-18-12-17(16(23)11-15(18)22)24-20(26)13-7-4-5-8-14(13)21(24)27/h2-3,6,9,11-14H,4-5,7-8,10H2,1H3. The van der Waals surface area contributed by atoms with Gasteiger partial charge in [-0.15, -0.1) is 0 Å². The summed E-state index contributed by atoms with van der Waals surface area (Å²) in [5.41, 5.74) is -0.136. The van der Waals surface area contributed by atoms with Crippen LogP contribution in [0.1, 0.15) is 25.7 Å². The van der Waals surface area contributed by atoms with Crippen LogP contribution in [-0.4, -0.2) is 31.5 Å². The predicted molar refractivity (Wildman–Crippen MR) is 105 cm³/mol. The first kappa shape index (κ1) is 21.0. The zero-order valence-electron chi connectivity index (χ0n) is 15.9. The third-order valence-electron chi connectivity index (χ3n) is 5.10. The summed E-state index contributed by atoms with van der Waals surface area (Å²) in [7, 11) is 1.28. The first-order valence-corrected chi connectivity index (χ1v) is 9.72. The minimum absolute atomic E-state index is 0.0289. The van der Waals surface area contributed by atoms with Gasteiger partial charge in [0.05, 0.1) is 29.7 Å². The number of halogens is 2. The second-order valence-electron chi connectivity index (χ2n) is 6.86. The molecule has 2 fully saturated rings. The largest absolute Gasteiger partial charge is 0.488 e. The van der Waals surface area contributed by atoms with Crippen molar-refractivity contribution in [3.8, 4) is 5.75 Å². The van der Waals surface area contributed by atoms with Crippen molar-refractivity contribution in [3.63, 3.8) is 0 Å². The van der Waals surface area contributed by atoms with E-state index in [9.17, 15) is 18.8 Å². The third-order valence-corrected chi connectivity index (χ3v) is 5.39. The summed E-state index contributed by atoms with van der Waals surface area (Å²) in [6.07, 6.45) is 8.99. The number of imide groups is 1. The number of amides is 2. The Morgan fingerprint density at radius 2 is 1.86 bits per heavy atom. The first-order valence-electron chi connectivity index (χ1n) is 9.35. The van der Waals surface area contributed by atoms with E-state index in [0.717, 1.165) is 23.8 Å². The SMILES string of the molecule is COC(=O)C=CC=CCOc1cc(N2C(=O)C3CCCCC3C2=O)c(F)cc1Cl. The van der Waals surface area contributed by atoms with E-state index in [0.29, 0.717) is 12.8 Å². The van der Waals surface area contributed by atoms with Crippen LogP contribution >= 0.6 is 11.6 Å². The Balaban J connectivity index is 1.75. The number of allylic oxidation sites excluding steroid dienone is 2. The molecule has 8 heteroatoms. The van der Waals surface area contributed by atoms with E-state index >= 15 is 0 Å². The van der Waals surface area contributed by atoms with Gasteiger partial charge in [0, 0.05) is 12.1 Å². The molecule has 29 heavy (non-hydrogen) atoms. The molecule has 3 rings (SSSR count). The third kappa shape index (κ3) is 4.50. The second-order valence-corrected chi connectivity index (χ2v) is 7.27. The van der Waals surface area contributed by atoms with Crippen molar-refractivity contribution in [1.29, 1.82) is 0 Å². The van der Waals surface area contributed by atoms with E-state index in [4.69, 9.17) is 16.3 Å². The quantitative estimate of drug-likeness (QED) is 0.302. The van der Waals surface area contributed by atoms with Crippen molar-refractivity contribution in [2.45, 2.75) is 25.7 Å². The molecule has 1 aromatic rings. The molecule has 1 heterocycles. The van der Waals surface area contributed by atoms with Gasteiger partial charge in [-0.25, -0.2) is 14.1 Å². The Kier molecular flexibility index (Phi) is 6.69. The highest BCUT2D eigenvalue weighted by Crippen LogP contribution is 2.42. The predicted octanol–water partition coefficient (Wildman–Crippen LogP) is 3.82. The van der Waals surface area contributed by atoms with Crippen LogP contribution in [0.2, 0.25) is 5.02 Å². The zero-order chi connectivity index (χ0) is 21.0. The maximum atomic E-state index is 14.6. The molecular weight excluding hydrogens is 401 g/mol. The molecule has 0 aromatic heterocycles. The van der Waals surface area contributed by atoms with Crippen molar-refractivity contribution < 1.29 is 28.2 Å². The Hall–Kier alpha value is -2.67. The normalized spacial score (nSPS) is 21.8. The molecule has 1 aliphatic heterocycles. The molecule has 2 aliphatic rings. The number of fused-ring (bicyclic) bond motifs is 1. The number of hydrogen-bond acceptors (Lipinski definition) is 5. The number of methoxy groups -OCH3 is 1. The summed E-state index contributed by atoms with van der Waals surface area (Å²) < 4.78 is 24.5. The van der Waals surface area contributed by atoms with Crippen molar-refractivity contribution >= 4 is 35.1 Å². The summed E-state index contributed by atoms with van der Waals surface area (Å²) in [6.45, 7) is 0.0868. The Morgan fingerprint density at radius 1 is 1.21 bits per heavy atom. The van der Waals surface area contributed by atoms with E-state index < -0.39 is 11.8 Å². The number of rotatable bonds is 6. The van der Waals surface area contributed by atoms with Gasteiger partial charge in [0.2, 0.25) is 11.8 Å². The number of nitrogens with zero attached hydrogens (tertiary/aromatic N) is 1. The fourth-order valence-corrected chi connectivity index (χ4v) is 3.88. The monoisotopic (exact) mass is 421 g/mol. The fourth-order valence-electron chi connectivity index (χ4n) is 3.67. The minimum Gasteiger partial charge on any atom is -0.488 e. The number of anilines is 1. The van der Waals surface area contributed by atoms with Crippen LogP contribution in [0, 0.1) is 17.7 Å². The van der Waals surface area contributed by atoms with Crippen molar-refractivity contribution in [3.05, 3.63) is 47.3 Å². The van der Waals surface area contributed by atoms with Gasteiger partial charge >= 0.3 is 5.97 Å². The maximum Gasteiger partial charge on any atom is 0.330 e. The van der Waals surface area contributed by atoms with Gasteiger partial charge in [-0.3, -0.25) is 9.59 Å². The van der Waals surface area contributed by atoms with Crippen LogP contribution in [-0.2, 0) is 19.1 Å². The molecule has 2 unspecified atom stereocenters. The average molecular weight is 422 g/mol. The second kappa shape index (κ2) is 9.22. The Labute approximate surface area is 172 Å². The van der Waals surface area contributed by atoms with E-state index in [1.807, 2.05) is 0 Å². The molecule has 0 bridgehead atoms. The van der Waals surface area contributed by atoms with E-state index in [1.165, 1.54) is 25.3 Å². The van der Waals surface area contributed by atoms with Gasteiger partial charge in [0.15, 0.2) is 0 Å². The number of carbonyl (C=O) groups is 3. The van der Waals surface area contributed by atoms with Crippen molar-refractivity contribution in [2.24, 2.45) is 11.8 Å². The molecule has 1 aliphatic carbocycles. The highest BCUT2D eigenvalue weighted by atomic mass is 35.5. The summed E-state index contributed by atoms with van der Waals surface area (Å²) in [5.74, 6) is -2.55. The molecule has 2 amide bonds. The summed E-state index contributed by atoms with van der Waals surface area (Å²) in [4.78, 5) is 37.3. The van der Waals surface area contributed by atoms with Crippen molar-refractivity contribution in [2.75, 3.05) is 18.6 Å². The van der Waals surface area contributed by atoms with Crippen LogP contribution in [0.4, 0.5) is 10.1 Å². The summed E-state index contributed by atoms with van der Waals surface area (Å²) in [5, 5.41) is 0.0289. The topological polar surface area (TPSA) is 72.9 Å². The molecule has 0 spiro atoms. The highest BCUT2D eigenvalue weighted by Gasteiger charge is 2.49. The van der Waals surface area contributed by atoms with Gasteiger partial charge in [-0.05, 0) is 25.0 Å². The lowest BCUT2D eigenvalue weighted by molar-refractivity contribution is -0.134. The Morgan fingerprint density at radius 3 is 2.48 bits per heavy atom. The number of hydrogen-bond donors (Lipinski definition) is 0. The molecule has 1 aromatic carbocycles. The summed E-state index contributed by atoms with van der Waals surface area (Å²) >= 11 is 6.05.